The summed E-state index contributed by atoms with van der Waals surface area (Å²) < 4.78 is 26.6. The van der Waals surface area contributed by atoms with E-state index in [2.05, 4.69) is 5.32 Å². The van der Waals surface area contributed by atoms with Gasteiger partial charge in [0.1, 0.15) is 11.6 Å². The molecule has 1 aliphatic rings. The summed E-state index contributed by atoms with van der Waals surface area (Å²) in [6, 6.07) is 3.20. The van der Waals surface area contributed by atoms with Gasteiger partial charge in [-0.2, -0.15) is 0 Å². The zero-order valence-electron chi connectivity index (χ0n) is 11.4. The summed E-state index contributed by atoms with van der Waals surface area (Å²) in [6.07, 6.45) is 1.55. The van der Waals surface area contributed by atoms with Crippen LogP contribution in [-0.4, -0.2) is 30.1 Å². The maximum Gasteiger partial charge on any atom is 0.314 e. The number of likely N-dealkylation sites (tertiary alicyclic amines) is 1. The molecule has 20 heavy (non-hydrogen) atoms. The lowest BCUT2D eigenvalue weighted by molar-refractivity contribution is 0.183. The van der Waals surface area contributed by atoms with Gasteiger partial charge in [0.15, 0.2) is 0 Å². The van der Waals surface area contributed by atoms with Gasteiger partial charge in [-0.1, -0.05) is 6.07 Å². The van der Waals surface area contributed by atoms with Gasteiger partial charge in [-0.05, 0) is 25.8 Å². The molecule has 110 valence electrons. The molecule has 0 saturated carbocycles. The first kappa shape index (κ1) is 14.7. The van der Waals surface area contributed by atoms with Crippen LogP contribution in [0.25, 0.3) is 0 Å². The summed E-state index contributed by atoms with van der Waals surface area (Å²) in [7, 11) is 0. The van der Waals surface area contributed by atoms with Gasteiger partial charge < -0.3 is 16.0 Å². The highest BCUT2D eigenvalue weighted by Gasteiger charge is 2.23. The quantitative estimate of drug-likeness (QED) is 0.893. The smallest absolute Gasteiger partial charge is 0.314 e. The number of nitrogens with zero attached hydrogens (tertiary/aromatic N) is 1. The standard InChI is InChI=1S/C14H19F2N3O/c1-9(12-3-2-10(15)8-13(12)16)18-11-4-6-19(7-5-11)14(17)20/h2-3,8-9,11,18H,4-7H2,1H3,(H2,17,20). The number of urea groups is 1. The van der Waals surface area contributed by atoms with Crippen molar-refractivity contribution in [1.29, 1.82) is 0 Å². The van der Waals surface area contributed by atoms with E-state index in [-0.39, 0.29) is 12.1 Å². The molecular weight excluding hydrogens is 264 g/mol. The third-order valence-electron chi connectivity index (χ3n) is 3.72. The molecule has 3 N–H and O–H groups in total. The Balaban J connectivity index is 1.92. The molecule has 2 rings (SSSR count). The Morgan fingerprint density at radius 1 is 1.40 bits per heavy atom. The van der Waals surface area contributed by atoms with Gasteiger partial charge >= 0.3 is 6.03 Å². The first-order valence-electron chi connectivity index (χ1n) is 6.72. The van der Waals surface area contributed by atoms with Gasteiger partial charge in [0.2, 0.25) is 0 Å². The number of piperidine rings is 1. The topological polar surface area (TPSA) is 58.4 Å². The third kappa shape index (κ3) is 3.45. The van der Waals surface area contributed by atoms with Gasteiger partial charge in [-0.15, -0.1) is 0 Å². The molecule has 1 saturated heterocycles. The summed E-state index contributed by atoms with van der Waals surface area (Å²) in [5.41, 5.74) is 5.67. The van der Waals surface area contributed by atoms with Gasteiger partial charge in [0.25, 0.3) is 0 Å². The number of carbonyl (C=O) groups excluding carboxylic acids is 1. The highest BCUT2D eigenvalue weighted by atomic mass is 19.1. The average Bonchev–Trinajstić information content (AvgIpc) is 2.39. The molecule has 0 aliphatic carbocycles. The van der Waals surface area contributed by atoms with Crippen LogP contribution < -0.4 is 11.1 Å². The molecule has 0 radical (unpaired) electrons. The van der Waals surface area contributed by atoms with Crippen molar-refractivity contribution in [1.82, 2.24) is 10.2 Å². The Bertz CT molecular complexity index is 487. The predicted octanol–water partition coefficient (Wildman–Crippen LogP) is 2.16. The van der Waals surface area contributed by atoms with Gasteiger partial charge in [0, 0.05) is 36.8 Å². The van der Waals surface area contributed by atoms with E-state index in [0.29, 0.717) is 18.7 Å². The Labute approximate surface area is 116 Å². The minimum atomic E-state index is -0.576. The van der Waals surface area contributed by atoms with Crippen LogP contribution in [0.1, 0.15) is 31.4 Å². The van der Waals surface area contributed by atoms with E-state index in [9.17, 15) is 13.6 Å². The summed E-state index contributed by atoms with van der Waals surface area (Å²) in [4.78, 5) is 12.6. The third-order valence-corrected chi connectivity index (χ3v) is 3.72. The van der Waals surface area contributed by atoms with E-state index in [0.717, 1.165) is 18.9 Å². The fourth-order valence-electron chi connectivity index (χ4n) is 2.56. The zero-order chi connectivity index (χ0) is 14.7. The van der Waals surface area contributed by atoms with E-state index in [1.807, 2.05) is 6.92 Å². The van der Waals surface area contributed by atoms with Crippen molar-refractivity contribution in [3.05, 3.63) is 35.4 Å². The molecule has 0 spiro atoms. The van der Waals surface area contributed by atoms with Gasteiger partial charge in [-0.3, -0.25) is 0 Å². The number of nitrogens with one attached hydrogen (secondary N) is 1. The maximum absolute atomic E-state index is 13.7. The number of amides is 2. The minimum Gasteiger partial charge on any atom is -0.351 e. The van der Waals surface area contributed by atoms with Crippen LogP contribution in [0.3, 0.4) is 0 Å². The molecule has 1 unspecified atom stereocenters. The number of carbonyl (C=O) groups is 1. The molecule has 0 aromatic heterocycles. The number of halogens is 2. The van der Waals surface area contributed by atoms with Crippen LogP contribution in [0.5, 0.6) is 0 Å². The fraction of sp³-hybridized carbons (Fsp3) is 0.500. The molecule has 0 bridgehead atoms. The Morgan fingerprint density at radius 3 is 2.60 bits per heavy atom. The summed E-state index contributed by atoms with van der Waals surface area (Å²) >= 11 is 0. The molecule has 1 heterocycles. The van der Waals surface area contributed by atoms with Crippen molar-refractivity contribution in [2.45, 2.75) is 31.8 Å². The first-order valence-corrected chi connectivity index (χ1v) is 6.72. The van der Waals surface area contributed by atoms with Crippen LogP contribution in [0.4, 0.5) is 13.6 Å². The van der Waals surface area contributed by atoms with Crippen molar-refractivity contribution in [3.8, 4) is 0 Å². The van der Waals surface area contributed by atoms with E-state index in [1.165, 1.54) is 12.1 Å². The monoisotopic (exact) mass is 283 g/mol. The van der Waals surface area contributed by atoms with E-state index < -0.39 is 17.7 Å². The summed E-state index contributed by atoms with van der Waals surface area (Å²) in [5, 5.41) is 3.31. The predicted molar refractivity (Wildman–Crippen MR) is 72.1 cm³/mol. The maximum atomic E-state index is 13.7. The van der Waals surface area contributed by atoms with Crippen molar-refractivity contribution >= 4 is 6.03 Å². The second-order valence-corrected chi connectivity index (χ2v) is 5.15. The van der Waals surface area contributed by atoms with Gasteiger partial charge in [0.05, 0.1) is 0 Å². The summed E-state index contributed by atoms with van der Waals surface area (Å²) in [5.74, 6) is -1.12. The van der Waals surface area contributed by atoms with Crippen LogP contribution in [0.2, 0.25) is 0 Å². The zero-order valence-corrected chi connectivity index (χ0v) is 11.4. The number of hydrogen-bond donors (Lipinski definition) is 2. The van der Waals surface area contributed by atoms with Crippen LogP contribution >= 0.6 is 0 Å². The molecule has 1 fully saturated rings. The fourth-order valence-corrected chi connectivity index (χ4v) is 2.56. The number of hydrogen-bond acceptors (Lipinski definition) is 2. The van der Waals surface area contributed by atoms with Crippen molar-refractivity contribution < 1.29 is 13.6 Å². The van der Waals surface area contributed by atoms with Crippen molar-refractivity contribution in [3.63, 3.8) is 0 Å². The van der Waals surface area contributed by atoms with E-state index in [4.69, 9.17) is 5.73 Å². The molecule has 1 atom stereocenters. The molecular formula is C14H19F2N3O. The lowest BCUT2D eigenvalue weighted by Gasteiger charge is -2.33. The number of rotatable bonds is 3. The minimum absolute atomic E-state index is 0.199. The second-order valence-electron chi connectivity index (χ2n) is 5.15. The van der Waals surface area contributed by atoms with Crippen LogP contribution in [0.15, 0.2) is 18.2 Å². The Hall–Kier alpha value is -1.69. The van der Waals surface area contributed by atoms with E-state index in [1.54, 1.807) is 4.90 Å². The van der Waals surface area contributed by atoms with Crippen LogP contribution in [-0.2, 0) is 0 Å². The number of primary amides is 1. The number of benzene rings is 1. The lowest BCUT2D eigenvalue weighted by atomic mass is 10.0. The van der Waals surface area contributed by atoms with Crippen LogP contribution in [0, 0.1) is 11.6 Å². The normalized spacial score (nSPS) is 18.1. The molecule has 6 heteroatoms. The second kappa shape index (κ2) is 6.17. The van der Waals surface area contributed by atoms with Gasteiger partial charge in [-0.25, -0.2) is 13.6 Å². The molecule has 4 nitrogen and oxygen atoms in total. The largest absolute Gasteiger partial charge is 0.351 e. The molecule has 1 aliphatic heterocycles. The highest BCUT2D eigenvalue weighted by Crippen LogP contribution is 2.20. The SMILES string of the molecule is CC(NC1CCN(C(N)=O)CC1)c1ccc(F)cc1F. The lowest BCUT2D eigenvalue weighted by Crippen LogP contribution is -2.47. The van der Waals surface area contributed by atoms with Crippen molar-refractivity contribution in [2.75, 3.05) is 13.1 Å². The average molecular weight is 283 g/mol. The Kier molecular flexibility index (Phi) is 4.54. The first-order chi connectivity index (χ1) is 9.47. The molecule has 1 aromatic carbocycles. The van der Waals surface area contributed by atoms with Crippen molar-refractivity contribution in [2.24, 2.45) is 5.73 Å². The van der Waals surface area contributed by atoms with E-state index >= 15 is 0 Å². The number of nitrogens with two attached hydrogens (primary N) is 1. The highest BCUT2D eigenvalue weighted by molar-refractivity contribution is 5.72. The molecule has 1 aromatic rings. The summed E-state index contributed by atoms with van der Waals surface area (Å²) in [6.45, 7) is 3.05. The molecule has 2 amide bonds. The Morgan fingerprint density at radius 2 is 2.05 bits per heavy atom.